The molecule has 0 aromatic heterocycles. The Labute approximate surface area is 203 Å². The van der Waals surface area contributed by atoms with E-state index in [1.54, 1.807) is 0 Å². The Hall–Kier alpha value is -2.04. The second-order valence-electron chi connectivity index (χ2n) is 9.91. The third kappa shape index (κ3) is 6.74. The molecule has 0 aliphatic carbocycles. The number of nitrogens with zero attached hydrogens (tertiary/aromatic N) is 2. The highest BCUT2D eigenvalue weighted by Gasteiger charge is 2.36. The predicted octanol–water partition coefficient (Wildman–Crippen LogP) is 5.62. The minimum atomic E-state index is 0.284. The summed E-state index contributed by atoms with van der Waals surface area (Å²) in [5.41, 5.74) is 2.81. The molecule has 0 unspecified atom stereocenters. The molecule has 0 N–H and O–H groups in total. The fourth-order valence-electron chi connectivity index (χ4n) is 5.41. The van der Waals surface area contributed by atoms with Crippen molar-refractivity contribution < 1.29 is 9.53 Å². The Kier molecular flexibility index (Phi) is 8.32. The zero-order valence-corrected chi connectivity index (χ0v) is 20.7. The summed E-state index contributed by atoms with van der Waals surface area (Å²) in [4.78, 5) is 17.4. The lowest BCUT2D eigenvalue weighted by molar-refractivity contribution is -0.133. The van der Waals surface area contributed by atoms with Crippen LogP contribution < -0.4 is 4.74 Å². The number of likely N-dealkylation sites (tertiary alicyclic amines) is 1. The fraction of sp³-hybridized carbons (Fsp3) is 0.536. The van der Waals surface area contributed by atoms with Gasteiger partial charge in [0.25, 0.3) is 0 Å². The lowest BCUT2D eigenvalue weighted by Gasteiger charge is -2.44. The summed E-state index contributed by atoms with van der Waals surface area (Å²) in [7, 11) is 2.21. The van der Waals surface area contributed by atoms with E-state index in [9.17, 15) is 4.79 Å². The van der Waals surface area contributed by atoms with E-state index in [0.717, 1.165) is 69.2 Å². The quantitative estimate of drug-likeness (QED) is 0.586. The van der Waals surface area contributed by atoms with E-state index in [-0.39, 0.29) is 5.91 Å². The minimum absolute atomic E-state index is 0.284. The van der Waals surface area contributed by atoms with Crippen molar-refractivity contribution in [2.75, 3.05) is 39.8 Å². The molecule has 1 fully saturated rings. The first-order chi connectivity index (χ1) is 16.0. The van der Waals surface area contributed by atoms with E-state index in [4.69, 9.17) is 16.3 Å². The van der Waals surface area contributed by atoms with Crippen LogP contribution in [-0.4, -0.2) is 55.5 Å². The van der Waals surface area contributed by atoms with Crippen molar-refractivity contribution in [3.63, 3.8) is 0 Å². The Morgan fingerprint density at radius 1 is 1.00 bits per heavy atom. The highest BCUT2D eigenvalue weighted by Crippen LogP contribution is 2.38. The van der Waals surface area contributed by atoms with Crippen molar-refractivity contribution in [1.82, 2.24) is 9.80 Å². The normalized spacial score (nSPS) is 19.8. The third-order valence-electron chi connectivity index (χ3n) is 7.43. The molecule has 0 atom stereocenters. The largest absolute Gasteiger partial charge is 0.492 e. The molecule has 1 saturated heterocycles. The molecular formula is C28H37ClN2O2. The first kappa shape index (κ1) is 24.1. The maximum Gasteiger partial charge on any atom is 0.222 e. The van der Waals surface area contributed by atoms with Crippen LogP contribution in [-0.2, 0) is 17.6 Å². The molecule has 4 rings (SSSR count). The number of para-hydroxylation sites is 1. The number of amides is 1. The molecule has 1 spiro atoms. The number of fused-ring (bicyclic) bond motifs is 1. The van der Waals surface area contributed by atoms with Gasteiger partial charge in [0, 0.05) is 37.6 Å². The fourth-order valence-corrected chi connectivity index (χ4v) is 5.53. The average Bonchev–Trinajstić information content (AvgIpc) is 2.82. The Morgan fingerprint density at radius 3 is 2.55 bits per heavy atom. The number of rotatable bonds is 3. The smallest absolute Gasteiger partial charge is 0.222 e. The Balaban J connectivity index is 1.31. The SMILES string of the molecule is CN1CCOc2ccccc2CCCCC2(CCN(C(=O)CCc3ccc(Cl)cc3)CC2)C1. The number of carbonyl (C=O) groups is 1. The molecule has 5 heteroatoms. The monoisotopic (exact) mass is 468 g/mol. The van der Waals surface area contributed by atoms with Crippen molar-refractivity contribution in [3.8, 4) is 5.75 Å². The average molecular weight is 469 g/mol. The number of likely N-dealkylation sites (N-methyl/N-ethyl adjacent to an activating group) is 1. The van der Waals surface area contributed by atoms with Crippen molar-refractivity contribution in [2.24, 2.45) is 5.41 Å². The van der Waals surface area contributed by atoms with Crippen LogP contribution >= 0.6 is 11.6 Å². The molecule has 2 aliphatic rings. The van der Waals surface area contributed by atoms with E-state index in [1.165, 1.54) is 30.4 Å². The minimum Gasteiger partial charge on any atom is -0.492 e. The molecule has 2 aliphatic heterocycles. The van der Waals surface area contributed by atoms with Gasteiger partial charge in [0.15, 0.2) is 0 Å². The van der Waals surface area contributed by atoms with Gasteiger partial charge in [-0.05, 0) is 80.3 Å². The van der Waals surface area contributed by atoms with E-state index >= 15 is 0 Å². The van der Waals surface area contributed by atoms with Gasteiger partial charge < -0.3 is 14.5 Å². The molecule has 2 aromatic rings. The summed E-state index contributed by atoms with van der Waals surface area (Å²) < 4.78 is 6.12. The van der Waals surface area contributed by atoms with E-state index < -0.39 is 0 Å². The van der Waals surface area contributed by atoms with Crippen LogP contribution in [0, 0.1) is 5.41 Å². The van der Waals surface area contributed by atoms with Crippen LogP contribution in [0.3, 0.4) is 0 Å². The van der Waals surface area contributed by atoms with Gasteiger partial charge in [-0.15, -0.1) is 0 Å². The van der Waals surface area contributed by atoms with Gasteiger partial charge >= 0.3 is 0 Å². The Morgan fingerprint density at radius 2 is 1.76 bits per heavy atom. The Bertz CT molecular complexity index is 906. The van der Waals surface area contributed by atoms with Gasteiger partial charge in [-0.3, -0.25) is 4.79 Å². The van der Waals surface area contributed by atoms with E-state index in [1.807, 2.05) is 24.3 Å². The van der Waals surface area contributed by atoms with Gasteiger partial charge in [-0.1, -0.05) is 48.4 Å². The molecule has 0 saturated carbocycles. The summed E-state index contributed by atoms with van der Waals surface area (Å²) in [6, 6.07) is 16.3. The third-order valence-corrected chi connectivity index (χ3v) is 7.68. The molecule has 0 bridgehead atoms. The van der Waals surface area contributed by atoms with Crippen LogP contribution in [0.15, 0.2) is 48.5 Å². The zero-order valence-electron chi connectivity index (χ0n) is 19.9. The number of hydrogen-bond acceptors (Lipinski definition) is 3. The zero-order chi connectivity index (χ0) is 23.1. The lowest BCUT2D eigenvalue weighted by atomic mass is 9.73. The van der Waals surface area contributed by atoms with E-state index in [0.29, 0.717) is 11.8 Å². The maximum atomic E-state index is 12.9. The van der Waals surface area contributed by atoms with Gasteiger partial charge in [0.05, 0.1) is 0 Å². The second kappa shape index (κ2) is 11.4. The number of halogens is 1. The summed E-state index contributed by atoms with van der Waals surface area (Å²) in [5.74, 6) is 1.33. The van der Waals surface area contributed by atoms with Crippen LogP contribution in [0.4, 0.5) is 0 Å². The number of benzene rings is 2. The number of hydrogen-bond donors (Lipinski definition) is 0. The number of piperidine rings is 1. The molecule has 2 aromatic carbocycles. The molecule has 2 heterocycles. The van der Waals surface area contributed by atoms with Crippen molar-refractivity contribution in [1.29, 1.82) is 0 Å². The summed E-state index contributed by atoms with van der Waals surface area (Å²) in [6.45, 7) is 4.50. The summed E-state index contributed by atoms with van der Waals surface area (Å²) in [5, 5.41) is 0.740. The van der Waals surface area contributed by atoms with Gasteiger partial charge in [0.2, 0.25) is 5.91 Å². The van der Waals surface area contributed by atoms with Crippen molar-refractivity contribution in [2.45, 2.75) is 51.4 Å². The van der Waals surface area contributed by atoms with E-state index in [2.05, 4.69) is 41.1 Å². The maximum absolute atomic E-state index is 12.9. The van der Waals surface area contributed by atoms with Crippen LogP contribution in [0.5, 0.6) is 5.75 Å². The number of aryl methyl sites for hydroxylation is 2. The molecule has 178 valence electrons. The standard InChI is InChI=1S/C28H37ClN2O2/c1-30-20-21-33-26-8-3-2-6-24(26)7-4-5-15-28(22-30)16-18-31(19-17-28)27(32)14-11-23-9-12-25(29)13-10-23/h2-3,6,8-10,12-13H,4-5,7,11,14-22H2,1H3. The predicted molar refractivity (Wildman–Crippen MR) is 135 cm³/mol. The first-order valence-electron chi connectivity index (χ1n) is 12.4. The molecule has 4 nitrogen and oxygen atoms in total. The van der Waals surface area contributed by atoms with Gasteiger partial charge in [-0.2, -0.15) is 0 Å². The van der Waals surface area contributed by atoms with Crippen molar-refractivity contribution in [3.05, 3.63) is 64.7 Å². The van der Waals surface area contributed by atoms with Crippen LogP contribution in [0.25, 0.3) is 0 Å². The highest BCUT2D eigenvalue weighted by atomic mass is 35.5. The second-order valence-corrected chi connectivity index (χ2v) is 10.3. The number of ether oxygens (including phenoxy) is 1. The van der Waals surface area contributed by atoms with Gasteiger partial charge in [0.1, 0.15) is 12.4 Å². The highest BCUT2D eigenvalue weighted by molar-refractivity contribution is 6.30. The first-order valence-corrected chi connectivity index (χ1v) is 12.8. The van der Waals surface area contributed by atoms with Crippen LogP contribution in [0.1, 0.15) is 49.7 Å². The topological polar surface area (TPSA) is 32.8 Å². The van der Waals surface area contributed by atoms with Crippen LogP contribution in [0.2, 0.25) is 5.02 Å². The number of carbonyl (C=O) groups excluding carboxylic acids is 1. The summed E-state index contributed by atoms with van der Waals surface area (Å²) in [6.07, 6.45) is 8.29. The van der Waals surface area contributed by atoms with Gasteiger partial charge in [-0.25, -0.2) is 0 Å². The molecule has 33 heavy (non-hydrogen) atoms. The molecule has 1 amide bonds. The molecular weight excluding hydrogens is 432 g/mol. The lowest BCUT2D eigenvalue weighted by Crippen LogP contribution is -2.48. The van der Waals surface area contributed by atoms with Crippen molar-refractivity contribution >= 4 is 17.5 Å². The molecule has 0 radical (unpaired) electrons. The summed E-state index contributed by atoms with van der Waals surface area (Å²) >= 11 is 5.97.